The first kappa shape index (κ1) is 19.5. The number of aromatic carboxylic acids is 1. The molecule has 1 unspecified atom stereocenters. The molecule has 0 bridgehead atoms. The number of carboxylic acids is 1. The Morgan fingerprint density at radius 1 is 1.14 bits per heavy atom. The van der Waals surface area contributed by atoms with Crippen LogP contribution in [0, 0.1) is 5.41 Å². The number of benzene rings is 2. The van der Waals surface area contributed by atoms with E-state index in [0.29, 0.717) is 23.5 Å². The predicted octanol–water partition coefficient (Wildman–Crippen LogP) is 4.57. The maximum atomic E-state index is 11.9. The molecule has 1 aliphatic carbocycles. The van der Waals surface area contributed by atoms with Gasteiger partial charge in [-0.3, -0.25) is 4.79 Å². The summed E-state index contributed by atoms with van der Waals surface area (Å²) in [7, 11) is 1.59. The van der Waals surface area contributed by atoms with Crippen LogP contribution in [0.2, 0.25) is 0 Å². The number of carbonyl (C=O) groups is 2. The third-order valence-electron chi connectivity index (χ3n) is 6.67. The number of likely N-dealkylation sites (tertiary alicyclic amines) is 1. The van der Waals surface area contributed by atoms with Gasteiger partial charge in [-0.15, -0.1) is 0 Å². The average molecular weight is 393 g/mol. The number of nitrogens with zero attached hydrogens (tertiary/aromatic N) is 1. The third kappa shape index (κ3) is 3.61. The molecule has 1 saturated heterocycles. The van der Waals surface area contributed by atoms with E-state index < -0.39 is 5.97 Å². The lowest BCUT2D eigenvalue weighted by Gasteiger charge is -2.33. The van der Waals surface area contributed by atoms with Crippen LogP contribution in [0.1, 0.15) is 54.4 Å². The molecule has 5 nitrogen and oxygen atoms in total. The molecule has 1 atom stereocenters. The first-order valence-corrected chi connectivity index (χ1v) is 10.3. The second-order valence-corrected chi connectivity index (χ2v) is 8.20. The fraction of sp³-hybridized carbons (Fsp3) is 0.417. The lowest BCUT2D eigenvalue weighted by atomic mass is 9.88. The monoisotopic (exact) mass is 393 g/mol. The van der Waals surface area contributed by atoms with Crippen molar-refractivity contribution in [1.82, 2.24) is 4.90 Å². The van der Waals surface area contributed by atoms with Crippen LogP contribution in [0.15, 0.2) is 42.5 Å². The number of carboxylic acid groups (broad SMARTS) is 1. The zero-order valence-corrected chi connectivity index (χ0v) is 17.0. The van der Waals surface area contributed by atoms with Crippen molar-refractivity contribution in [3.05, 3.63) is 53.6 Å². The van der Waals surface area contributed by atoms with Gasteiger partial charge in [0.25, 0.3) is 0 Å². The maximum absolute atomic E-state index is 11.9. The molecule has 1 N–H and O–H groups in total. The fourth-order valence-electron chi connectivity index (χ4n) is 4.76. The Labute approximate surface area is 171 Å². The molecule has 1 spiro atoms. The van der Waals surface area contributed by atoms with Gasteiger partial charge < -0.3 is 14.7 Å². The van der Waals surface area contributed by atoms with Crippen molar-refractivity contribution in [2.24, 2.45) is 5.41 Å². The van der Waals surface area contributed by atoms with Crippen LogP contribution in [0.5, 0.6) is 5.75 Å². The second kappa shape index (κ2) is 7.54. The number of methoxy groups -OCH3 is 1. The molecule has 2 fully saturated rings. The van der Waals surface area contributed by atoms with Gasteiger partial charge in [0.1, 0.15) is 5.75 Å². The molecule has 2 aliphatic rings. The van der Waals surface area contributed by atoms with Crippen molar-refractivity contribution in [2.75, 3.05) is 20.2 Å². The van der Waals surface area contributed by atoms with Crippen molar-refractivity contribution in [3.63, 3.8) is 0 Å². The summed E-state index contributed by atoms with van der Waals surface area (Å²) in [5.74, 6) is 0.540. The minimum atomic E-state index is -0.946. The lowest BCUT2D eigenvalue weighted by Crippen LogP contribution is -2.39. The SMILES string of the molecule is CCC(=O)N1CCC2(CC1)CC2c1ccc(-c2cc(C(=O)O)ccc2OC)cc1. The van der Waals surface area contributed by atoms with Gasteiger partial charge in [-0.05, 0) is 59.9 Å². The number of piperidine rings is 1. The first-order chi connectivity index (χ1) is 14.0. The minimum absolute atomic E-state index is 0.249. The van der Waals surface area contributed by atoms with E-state index in [9.17, 15) is 14.7 Å². The topological polar surface area (TPSA) is 66.8 Å². The molecule has 2 aromatic carbocycles. The molecule has 152 valence electrons. The Kier molecular flexibility index (Phi) is 5.07. The fourth-order valence-corrected chi connectivity index (χ4v) is 4.76. The van der Waals surface area contributed by atoms with Crippen molar-refractivity contribution >= 4 is 11.9 Å². The maximum Gasteiger partial charge on any atom is 0.335 e. The van der Waals surface area contributed by atoms with Crippen LogP contribution in [0.25, 0.3) is 11.1 Å². The Hall–Kier alpha value is -2.82. The van der Waals surface area contributed by atoms with Crippen LogP contribution in [-0.2, 0) is 4.79 Å². The number of carbonyl (C=O) groups excluding carboxylic acids is 1. The zero-order chi connectivity index (χ0) is 20.6. The van der Waals surface area contributed by atoms with E-state index in [1.54, 1.807) is 25.3 Å². The number of hydrogen-bond acceptors (Lipinski definition) is 3. The number of rotatable bonds is 5. The largest absolute Gasteiger partial charge is 0.496 e. The summed E-state index contributed by atoms with van der Waals surface area (Å²) in [4.78, 5) is 25.3. The van der Waals surface area contributed by atoms with Crippen LogP contribution >= 0.6 is 0 Å². The summed E-state index contributed by atoms with van der Waals surface area (Å²) >= 11 is 0. The number of amides is 1. The molecule has 29 heavy (non-hydrogen) atoms. The molecular weight excluding hydrogens is 366 g/mol. The molecule has 1 heterocycles. The molecule has 1 saturated carbocycles. The van der Waals surface area contributed by atoms with Crippen LogP contribution in [-0.4, -0.2) is 42.1 Å². The first-order valence-electron chi connectivity index (χ1n) is 10.3. The quantitative estimate of drug-likeness (QED) is 0.808. The summed E-state index contributed by atoms with van der Waals surface area (Å²) in [6.07, 6.45) is 3.95. The number of ether oxygens (including phenoxy) is 1. The summed E-state index contributed by atoms with van der Waals surface area (Å²) in [6, 6.07) is 13.4. The smallest absolute Gasteiger partial charge is 0.335 e. The van der Waals surface area contributed by atoms with Crippen LogP contribution < -0.4 is 4.74 Å². The predicted molar refractivity (Wildman–Crippen MR) is 111 cm³/mol. The number of hydrogen-bond donors (Lipinski definition) is 1. The van der Waals surface area contributed by atoms with E-state index >= 15 is 0 Å². The van der Waals surface area contributed by atoms with Crippen LogP contribution in [0.4, 0.5) is 0 Å². The highest BCUT2D eigenvalue weighted by molar-refractivity contribution is 5.90. The molecule has 2 aromatic rings. The Balaban J connectivity index is 1.50. The molecule has 5 heteroatoms. The van der Waals surface area contributed by atoms with Crippen molar-refractivity contribution in [1.29, 1.82) is 0 Å². The van der Waals surface area contributed by atoms with Gasteiger partial charge in [0.15, 0.2) is 0 Å². The minimum Gasteiger partial charge on any atom is -0.496 e. The van der Waals surface area contributed by atoms with E-state index in [-0.39, 0.29) is 11.5 Å². The zero-order valence-electron chi connectivity index (χ0n) is 17.0. The Morgan fingerprint density at radius 2 is 1.83 bits per heavy atom. The highest BCUT2D eigenvalue weighted by Crippen LogP contribution is 2.65. The third-order valence-corrected chi connectivity index (χ3v) is 6.67. The molecule has 4 rings (SSSR count). The summed E-state index contributed by atoms with van der Waals surface area (Å²) in [6.45, 7) is 3.68. The van der Waals surface area contributed by atoms with Gasteiger partial charge >= 0.3 is 5.97 Å². The molecular formula is C24H27NO4. The van der Waals surface area contributed by atoms with Crippen molar-refractivity contribution in [2.45, 2.75) is 38.5 Å². The highest BCUT2D eigenvalue weighted by atomic mass is 16.5. The van der Waals surface area contributed by atoms with E-state index in [0.717, 1.165) is 37.1 Å². The van der Waals surface area contributed by atoms with E-state index in [1.165, 1.54) is 12.0 Å². The lowest BCUT2D eigenvalue weighted by molar-refractivity contribution is -0.132. The van der Waals surface area contributed by atoms with E-state index in [4.69, 9.17) is 4.74 Å². The Bertz CT molecular complexity index is 926. The average Bonchev–Trinajstić information content (AvgIpc) is 3.46. The summed E-state index contributed by atoms with van der Waals surface area (Å²) < 4.78 is 5.43. The molecule has 1 amide bonds. The molecule has 0 aromatic heterocycles. The van der Waals surface area contributed by atoms with Gasteiger partial charge in [0.05, 0.1) is 12.7 Å². The van der Waals surface area contributed by atoms with Crippen molar-refractivity contribution < 1.29 is 19.4 Å². The van der Waals surface area contributed by atoms with Gasteiger partial charge in [-0.2, -0.15) is 0 Å². The highest BCUT2D eigenvalue weighted by Gasteiger charge is 2.55. The normalized spacial score (nSPS) is 19.8. The van der Waals surface area contributed by atoms with E-state index in [1.807, 2.05) is 11.8 Å². The van der Waals surface area contributed by atoms with Gasteiger partial charge in [-0.1, -0.05) is 31.2 Å². The van der Waals surface area contributed by atoms with Crippen molar-refractivity contribution in [3.8, 4) is 16.9 Å². The summed E-state index contributed by atoms with van der Waals surface area (Å²) in [5, 5.41) is 9.29. The van der Waals surface area contributed by atoms with Crippen LogP contribution in [0.3, 0.4) is 0 Å². The van der Waals surface area contributed by atoms with Gasteiger partial charge in [0.2, 0.25) is 5.91 Å². The Morgan fingerprint density at radius 3 is 2.41 bits per heavy atom. The molecule has 0 radical (unpaired) electrons. The van der Waals surface area contributed by atoms with Gasteiger partial charge in [0, 0.05) is 25.1 Å². The molecule has 1 aliphatic heterocycles. The van der Waals surface area contributed by atoms with E-state index in [2.05, 4.69) is 24.3 Å². The van der Waals surface area contributed by atoms with Gasteiger partial charge in [-0.25, -0.2) is 4.79 Å². The second-order valence-electron chi connectivity index (χ2n) is 8.20. The summed E-state index contributed by atoms with van der Waals surface area (Å²) in [5.41, 5.74) is 3.67. The standard InChI is InChI=1S/C24H27NO4/c1-3-22(26)25-12-10-24(11-13-25)15-20(24)17-6-4-16(5-7-17)19-14-18(23(27)28)8-9-21(19)29-2/h4-9,14,20H,3,10-13,15H2,1-2H3,(H,27,28).